The molecule has 0 bridgehead atoms. The third-order valence-corrected chi connectivity index (χ3v) is 4.69. The van der Waals surface area contributed by atoms with Crippen LogP contribution in [-0.4, -0.2) is 17.6 Å². The van der Waals surface area contributed by atoms with Crippen LogP contribution in [-0.2, 0) is 0 Å². The number of halogens is 1. The molecule has 0 radical (unpaired) electrons. The number of nitrogens with zero attached hydrogens (tertiary/aromatic N) is 2. The Hall–Kier alpha value is -0.770. The van der Waals surface area contributed by atoms with Crippen molar-refractivity contribution in [3.05, 3.63) is 16.7 Å². The standard InChI is InChI=1S/C13H18BrN3/c14-11-7-10(15)8-16-13(11)17-6-2-4-9-3-1-5-12(9)17/h7-9,12H,1-6,15H2. The molecule has 0 aromatic carbocycles. The van der Waals surface area contributed by atoms with E-state index in [1.54, 1.807) is 6.20 Å². The molecule has 2 aliphatic rings. The van der Waals surface area contributed by atoms with Gasteiger partial charge in [-0.1, -0.05) is 6.42 Å². The Morgan fingerprint density at radius 3 is 2.94 bits per heavy atom. The van der Waals surface area contributed by atoms with Gasteiger partial charge in [-0.05, 0) is 53.6 Å². The normalized spacial score (nSPS) is 28.2. The van der Waals surface area contributed by atoms with Crippen molar-refractivity contribution in [2.24, 2.45) is 5.92 Å². The number of fused-ring (bicyclic) bond motifs is 1. The second-order valence-corrected chi connectivity index (χ2v) is 6.02. The molecule has 92 valence electrons. The van der Waals surface area contributed by atoms with Crippen molar-refractivity contribution in [2.75, 3.05) is 17.2 Å². The Morgan fingerprint density at radius 2 is 2.12 bits per heavy atom. The molecular formula is C13H18BrN3. The van der Waals surface area contributed by atoms with Gasteiger partial charge >= 0.3 is 0 Å². The summed E-state index contributed by atoms with van der Waals surface area (Å²) in [5, 5.41) is 0. The Morgan fingerprint density at radius 1 is 1.29 bits per heavy atom. The predicted molar refractivity (Wildman–Crippen MR) is 74.1 cm³/mol. The molecule has 3 rings (SSSR count). The molecule has 2 atom stereocenters. The van der Waals surface area contributed by atoms with Crippen molar-refractivity contribution in [2.45, 2.75) is 38.1 Å². The van der Waals surface area contributed by atoms with E-state index >= 15 is 0 Å². The molecule has 2 heterocycles. The van der Waals surface area contributed by atoms with Crippen LogP contribution in [0.25, 0.3) is 0 Å². The molecule has 1 aromatic heterocycles. The first-order valence-electron chi connectivity index (χ1n) is 6.43. The molecule has 1 saturated carbocycles. The molecule has 0 spiro atoms. The van der Waals surface area contributed by atoms with Crippen molar-refractivity contribution < 1.29 is 0 Å². The number of nitrogen functional groups attached to an aromatic ring is 1. The monoisotopic (exact) mass is 295 g/mol. The van der Waals surface area contributed by atoms with Crippen molar-refractivity contribution in [1.29, 1.82) is 0 Å². The number of rotatable bonds is 1. The van der Waals surface area contributed by atoms with Gasteiger partial charge in [-0.2, -0.15) is 0 Å². The third-order valence-electron chi connectivity index (χ3n) is 4.11. The van der Waals surface area contributed by atoms with E-state index in [9.17, 15) is 0 Å². The lowest BCUT2D eigenvalue weighted by Crippen LogP contribution is -2.43. The summed E-state index contributed by atoms with van der Waals surface area (Å²) in [6.45, 7) is 1.14. The summed E-state index contributed by atoms with van der Waals surface area (Å²) in [6.07, 6.45) is 8.54. The molecule has 4 heteroatoms. The van der Waals surface area contributed by atoms with Gasteiger partial charge in [0.1, 0.15) is 5.82 Å². The molecule has 1 aliphatic heterocycles. The SMILES string of the molecule is Nc1cnc(N2CCCC3CCCC32)c(Br)c1. The number of piperidine rings is 1. The second-order valence-electron chi connectivity index (χ2n) is 5.17. The van der Waals surface area contributed by atoms with Crippen molar-refractivity contribution in [1.82, 2.24) is 4.98 Å². The Bertz CT molecular complexity index is 421. The van der Waals surface area contributed by atoms with Gasteiger partial charge in [-0.25, -0.2) is 4.98 Å². The van der Waals surface area contributed by atoms with Crippen molar-refractivity contribution in [3.63, 3.8) is 0 Å². The minimum absolute atomic E-state index is 0.705. The zero-order valence-electron chi connectivity index (χ0n) is 9.90. The van der Waals surface area contributed by atoms with Gasteiger partial charge in [0.2, 0.25) is 0 Å². The number of hydrogen-bond donors (Lipinski definition) is 1. The van der Waals surface area contributed by atoms with E-state index in [0.29, 0.717) is 6.04 Å². The highest BCUT2D eigenvalue weighted by atomic mass is 79.9. The fourth-order valence-electron chi connectivity index (χ4n) is 3.37. The average Bonchev–Trinajstić information content (AvgIpc) is 2.77. The fourth-order valence-corrected chi connectivity index (χ4v) is 3.97. The Balaban J connectivity index is 1.91. The van der Waals surface area contributed by atoms with E-state index in [1.165, 1.54) is 32.1 Å². The summed E-state index contributed by atoms with van der Waals surface area (Å²) in [7, 11) is 0. The van der Waals surface area contributed by atoms with E-state index < -0.39 is 0 Å². The topological polar surface area (TPSA) is 42.1 Å². The van der Waals surface area contributed by atoms with Crippen LogP contribution in [0.5, 0.6) is 0 Å². The lowest BCUT2D eigenvalue weighted by Gasteiger charge is -2.39. The fraction of sp³-hybridized carbons (Fsp3) is 0.615. The van der Waals surface area contributed by atoms with Gasteiger partial charge in [0.05, 0.1) is 16.4 Å². The van der Waals surface area contributed by atoms with Crippen LogP contribution in [0.4, 0.5) is 11.5 Å². The van der Waals surface area contributed by atoms with E-state index in [2.05, 4.69) is 25.8 Å². The lowest BCUT2D eigenvalue weighted by molar-refractivity contribution is 0.360. The lowest BCUT2D eigenvalue weighted by atomic mass is 9.92. The third kappa shape index (κ3) is 2.03. The maximum atomic E-state index is 5.75. The van der Waals surface area contributed by atoms with Gasteiger partial charge < -0.3 is 10.6 Å². The summed E-state index contributed by atoms with van der Waals surface area (Å²) >= 11 is 3.60. The molecule has 2 N–H and O–H groups in total. The van der Waals surface area contributed by atoms with Crippen LogP contribution in [0, 0.1) is 5.92 Å². The van der Waals surface area contributed by atoms with Gasteiger partial charge in [-0.3, -0.25) is 0 Å². The molecule has 1 aliphatic carbocycles. The van der Waals surface area contributed by atoms with E-state index in [1.807, 2.05) is 6.07 Å². The smallest absolute Gasteiger partial charge is 0.143 e. The van der Waals surface area contributed by atoms with Gasteiger partial charge in [0.25, 0.3) is 0 Å². The zero-order chi connectivity index (χ0) is 11.8. The van der Waals surface area contributed by atoms with Crippen molar-refractivity contribution >= 4 is 27.4 Å². The average molecular weight is 296 g/mol. The first-order chi connectivity index (χ1) is 8.25. The van der Waals surface area contributed by atoms with Crippen LogP contribution in [0.1, 0.15) is 32.1 Å². The minimum atomic E-state index is 0.705. The summed E-state index contributed by atoms with van der Waals surface area (Å²) < 4.78 is 1.03. The first-order valence-corrected chi connectivity index (χ1v) is 7.22. The second kappa shape index (κ2) is 4.48. The summed E-state index contributed by atoms with van der Waals surface area (Å²) in [5.41, 5.74) is 6.48. The molecular weight excluding hydrogens is 278 g/mol. The summed E-state index contributed by atoms with van der Waals surface area (Å²) in [4.78, 5) is 7.01. The highest BCUT2D eigenvalue weighted by Crippen LogP contribution is 2.40. The number of pyridine rings is 1. The number of nitrogens with two attached hydrogens (primary N) is 1. The number of aromatic nitrogens is 1. The highest BCUT2D eigenvalue weighted by molar-refractivity contribution is 9.10. The van der Waals surface area contributed by atoms with E-state index in [-0.39, 0.29) is 0 Å². The summed E-state index contributed by atoms with van der Waals surface area (Å²) in [5.74, 6) is 1.96. The Kier molecular flexibility index (Phi) is 2.99. The molecule has 2 fully saturated rings. The van der Waals surface area contributed by atoms with Crippen LogP contribution in [0.15, 0.2) is 16.7 Å². The van der Waals surface area contributed by atoms with E-state index in [4.69, 9.17) is 5.73 Å². The molecule has 2 unspecified atom stereocenters. The largest absolute Gasteiger partial charge is 0.397 e. The van der Waals surface area contributed by atoms with Crippen LogP contribution >= 0.6 is 15.9 Å². The Labute approximate surface area is 111 Å². The molecule has 1 aromatic rings. The predicted octanol–water partition coefficient (Wildman–Crippen LogP) is 3.20. The van der Waals surface area contributed by atoms with Crippen molar-refractivity contribution in [3.8, 4) is 0 Å². The first kappa shape index (κ1) is 11.3. The molecule has 0 amide bonds. The van der Waals surface area contributed by atoms with Crippen LogP contribution < -0.4 is 10.6 Å². The zero-order valence-corrected chi connectivity index (χ0v) is 11.5. The maximum absolute atomic E-state index is 5.75. The van der Waals surface area contributed by atoms with Crippen LogP contribution in [0.3, 0.4) is 0 Å². The maximum Gasteiger partial charge on any atom is 0.143 e. The summed E-state index contributed by atoms with van der Waals surface area (Å²) in [6, 6.07) is 2.66. The van der Waals surface area contributed by atoms with Gasteiger partial charge in [0, 0.05) is 12.6 Å². The quantitative estimate of drug-likeness (QED) is 0.865. The molecule has 3 nitrogen and oxygen atoms in total. The number of anilines is 2. The highest BCUT2D eigenvalue weighted by Gasteiger charge is 2.36. The van der Waals surface area contributed by atoms with E-state index in [0.717, 1.165) is 28.4 Å². The molecule has 1 saturated heterocycles. The molecule has 17 heavy (non-hydrogen) atoms. The van der Waals surface area contributed by atoms with Crippen LogP contribution in [0.2, 0.25) is 0 Å². The van der Waals surface area contributed by atoms with Gasteiger partial charge in [-0.15, -0.1) is 0 Å². The minimum Gasteiger partial charge on any atom is -0.397 e. The van der Waals surface area contributed by atoms with Gasteiger partial charge in [0.15, 0.2) is 0 Å². The number of hydrogen-bond acceptors (Lipinski definition) is 3.